The second-order valence-corrected chi connectivity index (χ2v) is 2.74. The normalized spacial score (nSPS) is 10.1. The molecule has 8 heteroatoms. The molecule has 0 amide bonds. The average molecular weight is 207 g/mol. The molecule has 0 unspecified atom stereocenters. The summed E-state index contributed by atoms with van der Waals surface area (Å²) in [7, 11) is 1.45. The summed E-state index contributed by atoms with van der Waals surface area (Å²) in [5, 5.41) is 8.31. The molecule has 0 saturated carbocycles. The molecule has 2 aromatic heterocycles. The summed E-state index contributed by atoms with van der Waals surface area (Å²) in [6.07, 6.45) is 2.55. The largest absolute Gasteiger partial charge is 0.329 e. The summed E-state index contributed by atoms with van der Waals surface area (Å²) in [6.45, 7) is 0. The van der Waals surface area contributed by atoms with Crippen LogP contribution < -0.4 is 16.1 Å². The van der Waals surface area contributed by atoms with Gasteiger partial charge in [0.05, 0.1) is 0 Å². The third kappa shape index (κ3) is 1.18. The fourth-order valence-corrected chi connectivity index (χ4v) is 1.22. The molecule has 0 spiro atoms. The Bertz CT molecular complexity index is 670. The predicted octanol–water partition coefficient (Wildman–Crippen LogP) is -1.67. The predicted molar refractivity (Wildman–Crippen MR) is 47.8 cm³/mol. The minimum atomic E-state index is -0.652. The highest BCUT2D eigenvalue weighted by atomic mass is 16.7. The summed E-state index contributed by atoms with van der Waals surface area (Å²) < 4.78 is 2.04. The summed E-state index contributed by atoms with van der Waals surface area (Å²) in [6, 6.07) is 0. The molecule has 1 N–H and O–H groups in total. The number of imidazole rings is 1. The molecule has 0 aromatic carbocycles. The lowest BCUT2D eigenvalue weighted by atomic mass is 10.5. The Morgan fingerprint density at radius 3 is 3.00 bits per heavy atom. The summed E-state index contributed by atoms with van der Waals surface area (Å²) in [4.78, 5) is 32.9. The van der Waals surface area contributed by atoms with Crippen LogP contribution in [0.5, 0.6) is 0 Å². The number of nitriles is 1. The molecule has 2 aromatic rings. The highest BCUT2D eigenvalue weighted by molar-refractivity contribution is 5.69. The Kier molecular flexibility index (Phi) is 1.79. The molecule has 2 rings (SSSR count). The molecular weight excluding hydrogens is 202 g/mol. The van der Waals surface area contributed by atoms with E-state index < -0.39 is 11.2 Å². The number of aromatic amines is 1. The van der Waals surface area contributed by atoms with E-state index in [0.29, 0.717) is 0 Å². The van der Waals surface area contributed by atoms with E-state index in [-0.39, 0.29) is 11.2 Å². The quantitative estimate of drug-likeness (QED) is 0.563. The molecule has 0 radical (unpaired) electrons. The smallest absolute Gasteiger partial charge is 0.293 e. The van der Waals surface area contributed by atoms with E-state index >= 15 is 0 Å². The fourth-order valence-electron chi connectivity index (χ4n) is 1.22. The molecule has 0 fully saturated rings. The van der Waals surface area contributed by atoms with E-state index in [1.54, 1.807) is 0 Å². The van der Waals surface area contributed by atoms with Gasteiger partial charge < -0.3 is 0 Å². The van der Waals surface area contributed by atoms with Crippen LogP contribution in [-0.2, 0) is 7.05 Å². The van der Waals surface area contributed by atoms with Crippen LogP contribution in [0.1, 0.15) is 0 Å². The standard InChI is InChI=1S/C7H5N5O3/c1-11-5-4(6(13)10-7(11)14)12(3-9-5)15-2-8/h3H,1H3,(H,10,13,14). The maximum atomic E-state index is 11.4. The van der Waals surface area contributed by atoms with Crippen molar-refractivity contribution in [2.24, 2.45) is 7.05 Å². The maximum Gasteiger partial charge on any atom is 0.329 e. The highest BCUT2D eigenvalue weighted by Crippen LogP contribution is 2.01. The first-order valence-electron chi connectivity index (χ1n) is 3.88. The summed E-state index contributed by atoms with van der Waals surface area (Å²) in [5.41, 5.74) is -1.06. The molecule has 0 bridgehead atoms. The van der Waals surface area contributed by atoms with Crippen molar-refractivity contribution < 1.29 is 4.84 Å². The Labute approximate surface area is 81.9 Å². The van der Waals surface area contributed by atoms with E-state index in [1.165, 1.54) is 13.3 Å². The van der Waals surface area contributed by atoms with Gasteiger partial charge in [-0.05, 0) is 0 Å². The first kappa shape index (κ1) is 9.01. The van der Waals surface area contributed by atoms with Crippen molar-refractivity contribution >= 4 is 11.2 Å². The van der Waals surface area contributed by atoms with Gasteiger partial charge in [-0.25, -0.2) is 9.78 Å². The Morgan fingerprint density at radius 2 is 2.33 bits per heavy atom. The van der Waals surface area contributed by atoms with Crippen molar-refractivity contribution in [2.45, 2.75) is 0 Å². The third-order valence-corrected chi connectivity index (χ3v) is 1.91. The van der Waals surface area contributed by atoms with Crippen molar-refractivity contribution in [1.82, 2.24) is 19.3 Å². The number of hydrogen-bond acceptors (Lipinski definition) is 5. The van der Waals surface area contributed by atoms with Gasteiger partial charge in [0.15, 0.2) is 11.2 Å². The lowest BCUT2D eigenvalue weighted by Gasteiger charge is -1.98. The second-order valence-electron chi connectivity index (χ2n) is 2.74. The van der Waals surface area contributed by atoms with Crippen LogP contribution in [0.25, 0.3) is 11.2 Å². The molecule has 0 aliphatic heterocycles. The lowest BCUT2D eigenvalue weighted by Crippen LogP contribution is -2.29. The van der Waals surface area contributed by atoms with E-state index in [2.05, 4.69) is 14.8 Å². The first-order valence-corrected chi connectivity index (χ1v) is 3.88. The molecule has 2 heterocycles. The van der Waals surface area contributed by atoms with Crippen molar-refractivity contribution in [1.29, 1.82) is 5.26 Å². The van der Waals surface area contributed by atoms with Crippen LogP contribution in [0.15, 0.2) is 15.9 Å². The van der Waals surface area contributed by atoms with Crippen LogP contribution in [0.4, 0.5) is 0 Å². The molecular formula is C7H5N5O3. The molecule has 0 atom stereocenters. The van der Waals surface area contributed by atoms with Gasteiger partial charge in [0.1, 0.15) is 6.33 Å². The van der Waals surface area contributed by atoms with Crippen LogP contribution in [0.2, 0.25) is 0 Å². The fraction of sp³-hybridized carbons (Fsp3) is 0.143. The molecule has 15 heavy (non-hydrogen) atoms. The first-order chi connectivity index (χ1) is 7.15. The van der Waals surface area contributed by atoms with E-state index in [9.17, 15) is 9.59 Å². The number of nitrogens with zero attached hydrogens (tertiary/aromatic N) is 4. The zero-order chi connectivity index (χ0) is 11.0. The topological polar surface area (TPSA) is 106 Å². The Hall–Kier alpha value is -2.56. The van der Waals surface area contributed by atoms with Gasteiger partial charge in [0, 0.05) is 7.05 Å². The monoisotopic (exact) mass is 207 g/mol. The second kappa shape index (κ2) is 2.98. The zero-order valence-corrected chi connectivity index (χ0v) is 7.59. The van der Waals surface area contributed by atoms with Gasteiger partial charge >= 0.3 is 11.9 Å². The number of rotatable bonds is 1. The van der Waals surface area contributed by atoms with Gasteiger partial charge in [-0.3, -0.25) is 19.2 Å². The number of hydrogen-bond donors (Lipinski definition) is 1. The van der Waals surface area contributed by atoms with E-state index in [0.717, 1.165) is 15.6 Å². The van der Waals surface area contributed by atoms with Crippen LogP contribution in [-0.4, -0.2) is 19.3 Å². The number of fused-ring (bicyclic) bond motifs is 1. The molecule has 8 nitrogen and oxygen atoms in total. The van der Waals surface area contributed by atoms with Gasteiger partial charge in [-0.1, -0.05) is 0 Å². The third-order valence-electron chi connectivity index (χ3n) is 1.91. The van der Waals surface area contributed by atoms with Crippen molar-refractivity contribution in [3.05, 3.63) is 27.2 Å². The van der Waals surface area contributed by atoms with E-state index in [4.69, 9.17) is 5.26 Å². The zero-order valence-electron chi connectivity index (χ0n) is 7.59. The van der Waals surface area contributed by atoms with Crippen LogP contribution >= 0.6 is 0 Å². The van der Waals surface area contributed by atoms with Crippen molar-refractivity contribution in [2.75, 3.05) is 0 Å². The van der Waals surface area contributed by atoms with Crippen molar-refractivity contribution in [3.63, 3.8) is 0 Å². The number of H-pyrrole nitrogens is 1. The Balaban J connectivity index is 2.95. The van der Waals surface area contributed by atoms with Gasteiger partial charge in [-0.2, -0.15) is 0 Å². The molecule has 76 valence electrons. The number of nitrogens with one attached hydrogen (secondary N) is 1. The minimum absolute atomic E-state index is 0.0126. The lowest BCUT2D eigenvalue weighted by molar-refractivity contribution is 0.242. The summed E-state index contributed by atoms with van der Waals surface area (Å²) in [5.74, 6) is 0. The summed E-state index contributed by atoms with van der Waals surface area (Å²) >= 11 is 0. The van der Waals surface area contributed by atoms with Crippen LogP contribution in [0, 0.1) is 11.5 Å². The molecule has 0 aliphatic rings. The average Bonchev–Trinajstić information content (AvgIpc) is 2.59. The van der Waals surface area contributed by atoms with Gasteiger partial charge in [0.2, 0.25) is 0 Å². The van der Waals surface area contributed by atoms with Gasteiger partial charge in [-0.15, -0.1) is 9.99 Å². The molecule has 0 aliphatic carbocycles. The minimum Gasteiger partial charge on any atom is -0.293 e. The van der Waals surface area contributed by atoms with E-state index in [1.807, 2.05) is 0 Å². The maximum absolute atomic E-state index is 11.4. The molecule has 0 saturated heterocycles. The van der Waals surface area contributed by atoms with Gasteiger partial charge in [0.25, 0.3) is 5.56 Å². The van der Waals surface area contributed by atoms with Crippen LogP contribution in [0.3, 0.4) is 0 Å². The number of aromatic nitrogens is 4. The number of aryl methyl sites for hydroxylation is 1. The SMILES string of the molecule is Cn1c(=O)[nH]c(=O)c2c1ncn2OC#N. The van der Waals surface area contributed by atoms with Crippen molar-refractivity contribution in [3.8, 4) is 6.26 Å². The highest BCUT2D eigenvalue weighted by Gasteiger charge is 2.11. The Morgan fingerprint density at radius 1 is 1.60 bits per heavy atom.